The molecule has 2 aromatic carbocycles. The summed E-state index contributed by atoms with van der Waals surface area (Å²) >= 11 is 0. The van der Waals surface area contributed by atoms with Crippen LogP contribution in [0.1, 0.15) is 12.5 Å². The lowest BCUT2D eigenvalue weighted by Crippen LogP contribution is -2.36. The van der Waals surface area contributed by atoms with Crippen molar-refractivity contribution >= 4 is 11.9 Å². The summed E-state index contributed by atoms with van der Waals surface area (Å²) in [6.45, 7) is 1.63. The van der Waals surface area contributed by atoms with Crippen LogP contribution < -0.4 is 24.3 Å². The number of hydrogen-bond donors (Lipinski definition) is 1. The average molecular weight is 387 g/mol. The lowest BCUT2D eigenvalue weighted by Gasteiger charge is -2.14. The predicted octanol–water partition coefficient (Wildman–Crippen LogP) is 2.05. The van der Waals surface area contributed by atoms with Gasteiger partial charge in [0.1, 0.15) is 0 Å². The van der Waals surface area contributed by atoms with Crippen LogP contribution in [0.2, 0.25) is 0 Å². The summed E-state index contributed by atoms with van der Waals surface area (Å²) in [4.78, 5) is 24.1. The number of methoxy groups -OCH3 is 1. The smallest absolute Gasteiger partial charge is 0.344 e. The number of carbonyl (C=O) groups excluding carboxylic acids is 2. The number of esters is 1. The molecule has 1 N–H and O–H groups in total. The van der Waals surface area contributed by atoms with Gasteiger partial charge < -0.3 is 29.0 Å². The van der Waals surface area contributed by atoms with Gasteiger partial charge in [0.05, 0.1) is 7.11 Å². The first-order valence-corrected chi connectivity index (χ1v) is 8.68. The second kappa shape index (κ2) is 8.98. The normalized spacial score (nSPS) is 12.8. The quantitative estimate of drug-likeness (QED) is 0.693. The molecule has 0 fully saturated rings. The number of amides is 1. The molecular formula is C20H21NO7. The van der Waals surface area contributed by atoms with Crippen molar-refractivity contribution in [1.29, 1.82) is 0 Å². The van der Waals surface area contributed by atoms with Crippen LogP contribution in [0.15, 0.2) is 42.5 Å². The summed E-state index contributed by atoms with van der Waals surface area (Å²) < 4.78 is 26.2. The molecule has 1 aliphatic heterocycles. The zero-order valence-electron chi connectivity index (χ0n) is 15.6. The third kappa shape index (κ3) is 4.85. The summed E-state index contributed by atoms with van der Waals surface area (Å²) in [6, 6.07) is 12.3. The SMILES string of the molecule is COc1ccccc1OCC(=O)OC(C)C(=O)NCc1ccc2c(c1)OCO2. The summed E-state index contributed by atoms with van der Waals surface area (Å²) in [5, 5.41) is 2.71. The molecule has 0 spiro atoms. The molecule has 1 amide bonds. The Kier molecular flexibility index (Phi) is 6.21. The number of benzene rings is 2. The van der Waals surface area contributed by atoms with E-state index < -0.39 is 18.0 Å². The Labute approximate surface area is 162 Å². The van der Waals surface area contributed by atoms with Crippen LogP contribution in [-0.4, -0.2) is 38.5 Å². The van der Waals surface area contributed by atoms with Crippen molar-refractivity contribution in [3.8, 4) is 23.0 Å². The highest BCUT2D eigenvalue weighted by Crippen LogP contribution is 2.32. The Hall–Kier alpha value is -3.42. The van der Waals surface area contributed by atoms with E-state index in [-0.39, 0.29) is 19.9 Å². The van der Waals surface area contributed by atoms with Crippen molar-refractivity contribution < 1.29 is 33.3 Å². The number of ether oxygens (including phenoxy) is 5. The van der Waals surface area contributed by atoms with Crippen LogP contribution in [0.5, 0.6) is 23.0 Å². The Morgan fingerprint density at radius 2 is 1.86 bits per heavy atom. The van der Waals surface area contributed by atoms with E-state index in [4.69, 9.17) is 23.7 Å². The Morgan fingerprint density at radius 1 is 1.11 bits per heavy atom. The molecule has 1 atom stereocenters. The van der Waals surface area contributed by atoms with Gasteiger partial charge in [-0.15, -0.1) is 0 Å². The van der Waals surface area contributed by atoms with Crippen molar-refractivity contribution in [3.05, 3.63) is 48.0 Å². The van der Waals surface area contributed by atoms with Gasteiger partial charge in [-0.25, -0.2) is 4.79 Å². The Bertz CT molecular complexity index is 852. The molecule has 1 aliphatic rings. The molecule has 28 heavy (non-hydrogen) atoms. The lowest BCUT2D eigenvalue weighted by atomic mass is 10.2. The molecular weight excluding hydrogens is 366 g/mol. The van der Waals surface area contributed by atoms with Crippen LogP contribution in [0.4, 0.5) is 0 Å². The van der Waals surface area contributed by atoms with Crippen LogP contribution in [0.3, 0.4) is 0 Å². The fourth-order valence-electron chi connectivity index (χ4n) is 2.54. The predicted molar refractivity (Wildman–Crippen MR) is 98.5 cm³/mol. The van der Waals surface area contributed by atoms with E-state index >= 15 is 0 Å². The summed E-state index contributed by atoms with van der Waals surface area (Å²) in [5.74, 6) is 1.17. The van der Waals surface area contributed by atoms with Gasteiger partial charge in [0, 0.05) is 6.54 Å². The van der Waals surface area contributed by atoms with Crippen molar-refractivity contribution in [2.24, 2.45) is 0 Å². The van der Waals surface area contributed by atoms with E-state index in [1.807, 2.05) is 6.07 Å². The maximum absolute atomic E-state index is 12.2. The van der Waals surface area contributed by atoms with Crippen molar-refractivity contribution in [1.82, 2.24) is 5.32 Å². The first-order chi connectivity index (χ1) is 13.6. The van der Waals surface area contributed by atoms with Crippen LogP contribution in [0, 0.1) is 0 Å². The molecule has 0 radical (unpaired) electrons. The summed E-state index contributed by atoms with van der Waals surface area (Å²) in [5.41, 5.74) is 0.843. The minimum Gasteiger partial charge on any atom is -0.493 e. The maximum atomic E-state index is 12.2. The lowest BCUT2D eigenvalue weighted by molar-refractivity contribution is -0.156. The molecule has 3 rings (SSSR count). The first kappa shape index (κ1) is 19.3. The number of rotatable bonds is 8. The fraction of sp³-hybridized carbons (Fsp3) is 0.300. The Balaban J connectivity index is 1.44. The number of carbonyl (C=O) groups is 2. The van der Waals surface area contributed by atoms with E-state index in [9.17, 15) is 9.59 Å². The minimum atomic E-state index is -0.956. The fourth-order valence-corrected chi connectivity index (χ4v) is 2.54. The molecule has 0 saturated heterocycles. The van der Waals surface area contributed by atoms with E-state index in [1.165, 1.54) is 14.0 Å². The summed E-state index contributed by atoms with van der Waals surface area (Å²) in [6.07, 6.45) is -0.956. The highest BCUT2D eigenvalue weighted by atomic mass is 16.7. The number of para-hydroxylation sites is 2. The molecule has 0 saturated carbocycles. The van der Waals surface area contributed by atoms with E-state index in [2.05, 4.69) is 5.32 Å². The molecule has 0 aliphatic carbocycles. The van der Waals surface area contributed by atoms with Crippen molar-refractivity contribution in [2.45, 2.75) is 19.6 Å². The number of nitrogens with one attached hydrogen (secondary N) is 1. The topological polar surface area (TPSA) is 92.3 Å². The molecule has 1 unspecified atom stereocenters. The van der Waals surface area contributed by atoms with Crippen LogP contribution in [-0.2, 0) is 20.9 Å². The molecule has 2 aromatic rings. The molecule has 0 bridgehead atoms. The van der Waals surface area contributed by atoms with Gasteiger partial charge >= 0.3 is 5.97 Å². The van der Waals surface area contributed by atoms with E-state index in [1.54, 1.807) is 36.4 Å². The third-order valence-corrected chi connectivity index (χ3v) is 4.00. The second-order valence-corrected chi connectivity index (χ2v) is 5.98. The first-order valence-electron chi connectivity index (χ1n) is 8.68. The van der Waals surface area contributed by atoms with Gasteiger partial charge in [0.25, 0.3) is 5.91 Å². The van der Waals surface area contributed by atoms with Gasteiger partial charge in [-0.05, 0) is 36.8 Å². The standard InChI is InChI=1S/C20H21NO7/c1-13(28-19(22)11-25-16-6-4-3-5-15(16)24-2)20(23)21-10-14-7-8-17-18(9-14)27-12-26-17/h3-9,13H,10-12H2,1-2H3,(H,21,23). The van der Waals surface area contributed by atoms with Crippen LogP contribution in [0.25, 0.3) is 0 Å². The van der Waals surface area contributed by atoms with Crippen molar-refractivity contribution in [3.63, 3.8) is 0 Å². The van der Waals surface area contributed by atoms with E-state index in [0.29, 0.717) is 23.0 Å². The second-order valence-electron chi connectivity index (χ2n) is 5.98. The summed E-state index contributed by atoms with van der Waals surface area (Å²) in [7, 11) is 1.51. The van der Waals surface area contributed by atoms with Gasteiger partial charge in [-0.3, -0.25) is 4.79 Å². The van der Waals surface area contributed by atoms with Gasteiger partial charge in [-0.1, -0.05) is 18.2 Å². The molecule has 1 heterocycles. The van der Waals surface area contributed by atoms with Gasteiger partial charge in [-0.2, -0.15) is 0 Å². The van der Waals surface area contributed by atoms with E-state index in [0.717, 1.165) is 5.56 Å². The Morgan fingerprint density at radius 3 is 2.64 bits per heavy atom. The van der Waals surface area contributed by atoms with Crippen molar-refractivity contribution in [2.75, 3.05) is 20.5 Å². The molecule has 8 heteroatoms. The van der Waals surface area contributed by atoms with Gasteiger partial charge in [0.15, 0.2) is 35.7 Å². The molecule has 8 nitrogen and oxygen atoms in total. The highest BCUT2D eigenvalue weighted by Gasteiger charge is 2.19. The molecule has 0 aromatic heterocycles. The number of hydrogen-bond acceptors (Lipinski definition) is 7. The average Bonchev–Trinajstić information content (AvgIpc) is 3.18. The monoisotopic (exact) mass is 387 g/mol. The minimum absolute atomic E-state index is 0.190. The zero-order chi connectivity index (χ0) is 19.9. The maximum Gasteiger partial charge on any atom is 0.344 e. The number of fused-ring (bicyclic) bond motifs is 1. The molecule has 148 valence electrons. The highest BCUT2D eigenvalue weighted by molar-refractivity contribution is 5.83. The van der Waals surface area contributed by atoms with Crippen LogP contribution >= 0.6 is 0 Å². The third-order valence-electron chi connectivity index (χ3n) is 4.00. The van der Waals surface area contributed by atoms with Gasteiger partial charge in [0.2, 0.25) is 6.79 Å². The largest absolute Gasteiger partial charge is 0.493 e. The zero-order valence-corrected chi connectivity index (χ0v) is 15.6.